The highest BCUT2D eigenvalue weighted by Crippen LogP contribution is 2.25. The number of anilines is 1. The molecule has 0 atom stereocenters. The van der Waals surface area contributed by atoms with Crippen molar-refractivity contribution in [1.82, 2.24) is 9.29 Å². The van der Waals surface area contributed by atoms with Gasteiger partial charge in [0.15, 0.2) is 5.13 Å². The van der Waals surface area contributed by atoms with Crippen LogP contribution in [-0.2, 0) is 19.5 Å². The van der Waals surface area contributed by atoms with Gasteiger partial charge in [-0.25, -0.2) is 18.2 Å². The van der Waals surface area contributed by atoms with Gasteiger partial charge in [0, 0.05) is 18.7 Å². The fraction of sp³-hybridized carbons (Fsp3) is 0.389. The highest BCUT2D eigenvalue weighted by molar-refractivity contribution is 7.89. The van der Waals surface area contributed by atoms with Crippen molar-refractivity contribution >= 4 is 38.4 Å². The van der Waals surface area contributed by atoms with Gasteiger partial charge in [-0.3, -0.25) is 10.1 Å². The molecule has 0 unspecified atom stereocenters. The van der Waals surface area contributed by atoms with E-state index in [0.717, 1.165) is 11.3 Å². The number of carbonyl (C=O) groups is 2. The molecule has 3 rings (SSSR count). The molecule has 0 spiro atoms. The van der Waals surface area contributed by atoms with E-state index < -0.39 is 21.9 Å². The molecule has 2 heterocycles. The number of sulfonamides is 1. The van der Waals surface area contributed by atoms with Gasteiger partial charge in [-0.05, 0) is 31.5 Å². The van der Waals surface area contributed by atoms with Crippen LogP contribution in [0.2, 0.25) is 0 Å². The Hall–Kier alpha value is -2.34. The highest BCUT2D eigenvalue weighted by atomic mass is 32.2. The minimum Gasteiger partial charge on any atom is -0.465 e. The number of aromatic nitrogens is 1. The number of benzene rings is 1. The van der Waals surface area contributed by atoms with E-state index in [9.17, 15) is 18.0 Å². The van der Waals surface area contributed by atoms with Crippen LogP contribution in [0.4, 0.5) is 5.13 Å². The number of rotatable bonds is 5. The first-order valence-corrected chi connectivity index (χ1v) is 11.1. The molecule has 1 saturated heterocycles. The van der Waals surface area contributed by atoms with Gasteiger partial charge in [-0.2, -0.15) is 4.31 Å². The molecule has 2 aromatic rings. The van der Waals surface area contributed by atoms with E-state index in [1.54, 1.807) is 26.0 Å². The SMILES string of the molecule is COC(=O)c1sc(NC(=O)c2ccc(C)c(S(=O)(=O)N3CCOCC3)c2)nc1C. The standard InChI is InChI=1S/C18H21N3O6S2/c1-11-4-5-13(10-14(11)29(24,25)21-6-8-27-9-7-21)16(22)20-18-19-12(2)15(28-18)17(23)26-3/h4-5,10H,6-9H2,1-3H3,(H,19,20,22). The number of nitrogens with zero attached hydrogens (tertiary/aromatic N) is 2. The predicted octanol–water partition coefficient (Wildman–Crippen LogP) is 1.82. The maximum absolute atomic E-state index is 13.0. The topological polar surface area (TPSA) is 115 Å². The zero-order valence-electron chi connectivity index (χ0n) is 16.2. The molecule has 9 nitrogen and oxygen atoms in total. The van der Waals surface area contributed by atoms with Gasteiger partial charge in [-0.1, -0.05) is 17.4 Å². The molecule has 0 aliphatic carbocycles. The van der Waals surface area contributed by atoms with Crippen molar-refractivity contribution in [2.45, 2.75) is 18.7 Å². The maximum Gasteiger partial charge on any atom is 0.350 e. The number of aryl methyl sites for hydroxylation is 2. The number of esters is 1. The number of nitrogens with one attached hydrogen (secondary N) is 1. The second kappa shape index (κ2) is 8.57. The minimum absolute atomic E-state index is 0.0811. The third-order valence-electron chi connectivity index (χ3n) is 4.43. The van der Waals surface area contributed by atoms with Crippen molar-refractivity contribution < 1.29 is 27.5 Å². The van der Waals surface area contributed by atoms with Crippen molar-refractivity contribution in [2.75, 3.05) is 38.7 Å². The maximum atomic E-state index is 13.0. The largest absolute Gasteiger partial charge is 0.465 e. The Morgan fingerprint density at radius 3 is 2.59 bits per heavy atom. The predicted molar refractivity (Wildman–Crippen MR) is 107 cm³/mol. The lowest BCUT2D eigenvalue weighted by Gasteiger charge is -2.26. The van der Waals surface area contributed by atoms with Crippen LogP contribution < -0.4 is 5.32 Å². The summed E-state index contributed by atoms with van der Waals surface area (Å²) in [5.74, 6) is -1.05. The van der Waals surface area contributed by atoms with Gasteiger partial charge in [0.1, 0.15) is 4.88 Å². The summed E-state index contributed by atoms with van der Waals surface area (Å²) in [5.41, 5.74) is 1.16. The first kappa shape index (κ1) is 21.4. The summed E-state index contributed by atoms with van der Waals surface area (Å²) < 4.78 is 37.2. The number of amides is 1. The summed E-state index contributed by atoms with van der Waals surface area (Å²) in [5, 5.41) is 2.84. The van der Waals surface area contributed by atoms with E-state index in [1.165, 1.54) is 17.5 Å². The molecule has 1 N–H and O–H groups in total. The van der Waals surface area contributed by atoms with E-state index in [4.69, 9.17) is 4.74 Å². The van der Waals surface area contributed by atoms with E-state index in [0.29, 0.717) is 29.3 Å². The number of thiazole rings is 1. The zero-order chi connectivity index (χ0) is 21.2. The zero-order valence-corrected chi connectivity index (χ0v) is 17.9. The normalized spacial score (nSPS) is 15.1. The summed E-state index contributed by atoms with van der Waals surface area (Å²) in [7, 11) is -2.47. The number of hydrogen-bond acceptors (Lipinski definition) is 8. The summed E-state index contributed by atoms with van der Waals surface area (Å²) in [6.45, 7) is 4.54. The molecule has 0 radical (unpaired) electrons. The van der Waals surface area contributed by atoms with Crippen molar-refractivity contribution in [3.05, 3.63) is 39.9 Å². The van der Waals surface area contributed by atoms with E-state index in [1.807, 2.05) is 0 Å². The molecule has 1 aromatic heterocycles. The first-order chi connectivity index (χ1) is 13.7. The van der Waals surface area contributed by atoms with Gasteiger partial charge in [0.2, 0.25) is 10.0 Å². The van der Waals surface area contributed by atoms with Crippen LogP contribution >= 0.6 is 11.3 Å². The molecular formula is C18H21N3O6S2. The smallest absolute Gasteiger partial charge is 0.350 e. The van der Waals surface area contributed by atoms with Gasteiger partial charge >= 0.3 is 5.97 Å². The number of ether oxygens (including phenoxy) is 2. The van der Waals surface area contributed by atoms with Crippen LogP contribution in [0.5, 0.6) is 0 Å². The van der Waals surface area contributed by atoms with Crippen LogP contribution in [-0.4, -0.2) is 63.0 Å². The summed E-state index contributed by atoms with van der Waals surface area (Å²) in [4.78, 5) is 28.9. The number of carbonyl (C=O) groups excluding carboxylic acids is 2. The monoisotopic (exact) mass is 439 g/mol. The van der Waals surface area contributed by atoms with Crippen LogP contribution in [0.3, 0.4) is 0 Å². The molecule has 1 aliphatic heterocycles. The lowest BCUT2D eigenvalue weighted by Crippen LogP contribution is -2.40. The van der Waals surface area contributed by atoms with Crippen molar-refractivity contribution in [1.29, 1.82) is 0 Å². The average Bonchev–Trinajstić information content (AvgIpc) is 3.08. The van der Waals surface area contributed by atoms with Gasteiger partial charge in [0.25, 0.3) is 5.91 Å². The number of morpholine rings is 1. The summed E-state index contributed by atoms with van der Waals surface area (Å²) in [6, 6.07) is 4.50. The van der Waals surface area contributed by atoms with Crippen molar-refractivity contribution in [3.8, 4) is 0 Å². The van der Waals surface area contributed by atoms with Gasteiger partial charge in [0.05, 0.1) is 30.9 Å². The van der Waals surface area contributed by atoms with E-state index >= 15 is 0 Å². The van der Waals surface area contributed by atoms with Gasteiger partial charge in [-0.15, -0.1) is 0 Å². The summed E-state index contributed by atoms with van der Waals surface area (Å²) in [6.07, 6.45) is 0. The Morgan fingerprint density at radius 2 is 1.93 bits per heavy atom. The molecular weight excluding hydrogens is 418 g/mol. The molecule has 11 heteroatoms. The van der Waals surface area contributed by atoms with Crippen molar-refractivity contribution in [2.24, 2.45) is 0 Å². The average molecular weight is 440 g/mol. The third kappa shape index (κ3) is 4.47. The molecule has 0 saturated carbocycles. The van der Waals surface area contributed by atoms with Crippen LogP contribution in [0, 0.1) is 13.8 Å². The van der Waals surface area contributed by atoms with Gasteiger partial charge < -0.3 is 9.47 Å². The molecule has 1 aromatic carbocycles. The molecule has 1 fully saturated rings. The first-order valence-electron chi connectivity index (χ1n) is 8.79. The Balaban J connectivity index is 1.85. The lowest BCUT2D eigenvalue weighted by atomic mass is 10.1. The second-order valence-electron chi connectivity index (χ2n) is 6.38. The van der Waals surface area contributed by atoms with Crippen LogP contribution in [0.25, 0.3) is 0 Å². The van der Waals surface area contributed by atoms with E-state index in [-0.39, 0.29) is 28.7 Å². The molecule has 0 bridgehead atoms. The molecule has 156 valence electrons. The Kier molecular flexibility index (Phi) is 6.32. The number of methoxy groups -OCH3 is 1. The Labute approximate surface area is 172 Å². The van der Waals surface area contributed by atoms with Crippen molar-refractivity contribution in [3.63, 3.8) is 0 Å². The third-order valence-corrected chi connectivity index (χ3v) is 7.52. The van der Waals surface area contributed by atoms with Crippen LogP contribution in [0.1, 0.15) is 31.3 Å². The lowest BCUT2D eigenvalue weighted by molar-refractivity contribution is 0.0605. The summed E-state index contributed by atoms with van der Waals surface area (Å²) >= 11 is 0.993. The molecule has 1 aliphatic rings. The highest BCUT2D eigenvalue weighted by Gasteiger charge is 2.28. The minimum atomic E-state index is -3.74. The second-order valence-corrected chi connectivity index (χ2v) is 9.28. The molecule has 1 amide bonds. The molecule has 29 heavy (non-hydrogen) atoms. The van der Waals surface area contributed by atoms with Crippen LogP contribution in [0.15, 0.2) is 23.1 Å². The number of hydrogen-bond donors (Lipinski definition) is 1. The van der Waals surface area contributed by atoms with E-state index in [2.05, 4.69) is 15.0 Å². The fourth-order valence-corrected chi connectivity index (χ4v) is 5.38. The Bertz CT molecular complexity index is 1040. The Morgan fingerprint density at radius 1 is 1.24 bits per heavy atom. The quantitative estimate of drug-likeness (QED) is 0.707. The fourth-order valence-electron chi connectivity index (χ4n) is 2.85.